The molecule has 124 valence electrons. The second-order valence-electron chi connectivity index (χ2n) is 5.46. The van der Waals surface area contributed by atoms with Crippen LogP contribution in [0.3, 0.4) is 0 Å². The average Bonchev–Trinajstić information content (AvgIpc) is 2.47. The quantitative estimate of drug-likeness (QED) is 0.468. The molecule has 0 N–H and O–H groups in total. The third-order valence-electron chi connectivity index (χ3n) is 3.43. The Kier molecular flexibility index (Phi) is 4.22. The number of nitro groups is 1. The van der Waals surface area contributed by atoms with Crippen LogP contribution in [0.4, 0.5) is 11.6 Å². The van der Waals surface area contributed by atoms with E-state index in [1.54, 1.807) is 6.92 Å². The normalized spacial score (nSPS) is 17.3. The summed E-state index contributed by atoms with van der Waals surface area (Å²) in [5.74, 6) is -1.48. The minimum atomic E-state index is -1.39. The molecular weight excluding hydrogens is 306 g/mol. The van der Waals surface area contributed by atoms with Gasteiger partial charge in [0, 0.05) is 6.07 Å². The summed E-state index contributed by atoms with van der Waals surface area (Å²) in [5.41, 5.74) is -1.39. The van der Waals surface area contributed by atoms with Gasteiger partial charge in [-0.15, -0.1) is 0 Å². The zero-order valence-corrected chi connectivity index (χ0v) is 13.2. The monoisotopic (exact) mass is 323 g/mol. The molecule has 9 nitrogen and oxygen atoms in total. The largest absolute Gasteiger partial charge is 0.475 e. The molecule has 0 saturated carbocycles. The Morgan fingerprint density at radius 3 is 2.74 bits per heavy atom. The highest BCUT2D eigenvalue weighted by atomic mass is 16.6. The van der Waals surface area contributed by atoms with Gasteiger partial charge in [0.1, 0.15) is 5.54 Å². The van der Waals surface area contributed by atoms with Crippen molar-refractivity contribution in [1.29, 1.82) is 0 Å². The lowest BCUT2D eigenvalue weighted by atomic mass is 10.0. The molecule has 1 atom stereocenters. The number of amides is 1. The van der Waals surface area contributed by atoms with Crippen molar-refractivity contribution in [2.45, 2.75) is 39.3 Å². The number of carbonyl (C=O) groups is 2. The van der Waals surface area contributed by atoms with Gasteiger partial charge in [-0.3, -0.25) is 9.69 Å². The number of nitrogens with zero attached hydrogens (tertiary/aromatic N) is 3. The molecule has 1 aromatic rings. The highest BCUT2D eigenvalue weighted by molar-refractivity contribution is 6.05. The summed E-state index contributed by atoms with van der Waals surface area (Å²) >= 11 is 0. The van der Waals surface area contributed by atoms with Gasteiger partial charge in [-0.2, -0.15) is 0 Å². The van der Waals surface area contributed by atoms with Crippen LogP contribution in [0.25, 0.3) is 0 Å². The first-order chi connectivity index (χ1) is 10.7. The van der Waals surface area contributed by atoms with Crippen molar-refractivity contribution >= 4 is 23.5 Å². The first-order valence-electron chi connectivity index (χ1n) is 7.03. The summed E-state index contributed by atoms with van der Waals surface area (Å²) in [6.07, 6.45) is -0.848. The third kappa shape index (κ3) is 2.81. The summed E-state index contributed by atoms with van der Waals surface area (Å²) in [7, 11) is 0. The van der Waals surface area contributed by atoms with E-state index < -0.39 is 34.3 Å². The Bertz CT molecular complexity index is 672. The molecule has 2 rings (SSSR count). The van der Waals surface area contributed by atoms with Gasteiger partial charge in [0.25, 0.3) is 11.7 Å². The maximum Gasteiger partial charge on any atom is 0.366 e. The molecule has 2 heterocycles. The summed E-state index contributed by atoms with van der Waals surface area (Å²) in [6, 6.07) is 2.54. The summed E-state index contributed by atoms with van der Waals surface area (Å²) in [5, 5.41) is 10.9. The maximum atomic E-state index is 12.5. The van der Waals surface area contributed by atoms with E-state index in [9.17, 15) is 19.7 Å². The first-order valence-corrected chi connectivity index (χ1v) is 7.03. The minimum Gasteiger partial charge on any atom is -0.475 e. The number of hydrogen-bond donors (Lipinski definition) is 0. The smallest absolute Gasteiger partial charge is 0.366 e. The number of aromatic nitrogens is 1. The van der Waals surface area contributed by atoms with E-state index in [0.717, 1.165) is 4.90 Å². The SMILES string of the molecule is CCOC(=O)C(C)(C)N1C(=O)C(C)Oc2ccc([N+](=O)[O-])nc21. The lowest BCUT2D eigenvalue weighted by Crippen LogP contribution is -2.59. The Morgan fingerprint density at radius 1 is 1.52 bits per heavy atom. The molecule has 0 aliphatic carbocycles. The van der Waals surface area contributed by atoms with E-state index in [1.807, 2.05) is 0 Å². The molecule has 1 aliphatic rings. The number of fused-ring (bicyclic) bond motifs is 1. The van der Waals surface area contributed by atoms with Crippen molar-refractivity contribution in [3.05, 3.63) is 22.2 Å². The lowest BCUT2D eigenvalue weighted by molar-refractivity contribution is -0.389. The molecule has 23 heavy (non-hydrogen) atoms. The van der Waals surface area contributed by atoms with E-state index in [2.05, 4.69) is 4.98 Å². The molecule has 0 aromatic carbocycles. The van der Waals surface area contributed by atoms with Gasteiger partial charge in [0.15, 0.2) is 11.9 Å². The van der Waals surface area contributed by atoms with Crippen LogP contribution in [-0.2, 0) is 14.3 Å². The van der Waals surface area contributed by atoms with Crippen molar-refractivity contribution in [2.75, 3.05) is 11.5 Å². The molecule has 9 heteroatoms. The lowest BCUT2D eigenvalue weighted by Gasteiger charge is -2.38. The molecule has 0 radical (unpaired) electrons. The van der Waals surface area contributed by atoms with Crippen molar-refractivity contribution in [3.8, 4) is 5.75 Å². The molecule has 0 bridgehead atoms. The number of esters is 1. The van der Waals surface area contributed by atoms with Crippen LogP contribution in [0.1, 0.15) is 27.7 Å². The Morgan fingerprint density at radius 2 is 2.17 bits per heavy atom. The maximum absolute atomic E-state index is 12.5. The number of rotatable bonds is 4. The molecule has 1 aliphatic heterocycles. The van der Waals surface area contributed by atoms with E-state index in [-0.39, 0.29) is 18.2 Å². The van der Waals surface area contributed by atoms with E-state index in [4.69, 9.17) is 9.47 Å². The Hall–Kier alpha value is -2.71. The first kappa shape index (κ1) is 16.7. The molecule has 0 fully saturated rings. The minimum absolute atomic E-state index is 0.0691. The number of carbonyl (C=O) groups excluding carboxylic acids is 2. The van der Waals surface area contributed by atoms with Gasteiger partial charge in [-0.05, 0) is 43.7 Å². The third-order valence-corrected chi connectivity index (χ3v) is 3.43. The average molecular weight is 323 g/mol. The standard InChI is InChI=1S/C14H17N3O6/c1-5-22-13(19)14(3,4)16-11-9(23-8(2)12(16)18)6-7-10(15-11)17(20)21/h6-8H,5H2,1-4H3. The molecule has 1 unspecified atom stereocenters. The summed E-state index contributed by atoms with van der Waals surface area (Å²) in [6.45, 7) is 6.30. The molecule has 0 spiro atoms. The molecule has 1 aromatic heterocycles. The summed E-state index contributed by atoms with van der Waals surface area (Å²) < 4.78 is 10.4. The second kappa shape index (κ2) is 5.82. The van der Waals surface area contributed by atoms with E-state index in [1.165, 1.54) is 32.9 Å². The number of pyridine rings is 1. The van der Waals surface area contributed by atoms with Crippen LogP contribution in [0.5, 0.6) is 5.75 Å². The second-order valence-corrected chi connectivity index (χ2v) is 5.46. The fraction of sp³-hybridized carbons (Fsp3) is 0.500. The van der Waals surface area contributed by atoms with Gasteiger partial charge in [-0.1, -0.05) is 0 Å². The van der Waals surface area contributed by atoms with Gasteiger partial charge in [0.05, 0.1) is 6.61 Å². The predicted octanol–water partition coefficient (Wildman–Crippen LogP) is 1.45. The number of hydrogen-bond acceptors (Lipinski definition) is 7. The van der Waals surface area contributed by atoms with Crippen LogP contribution in [0.2, 0.25) is 0 Å². The van der Waals surface area contributed by atoms with Gasteiger partial charge in [0.2, 0.25) is 0 Å². The van der Waals surface area contributed by atoms with Gasteiger partial charge >= 0.3 is 11.8 Å². The highest BCUT2D eigenvalue weighted by Gasteiger charge is 2.49. The topological polar surface area (TPSA) is 112 Å². The van der Waals surface area contributed by atoms with Crippen LogP contribution in [-0.4, -0.2) is 40.0 Å². The Balaban J connectivity index is 2.58. The van der Waals surface area contributed by atoms with E-state index in [0.29, 0.717) is 0 Å². The van der Waals surface area contributed by atoms with Crippen molar-refractivity contribution in [1.82, 2.24) is 4.98 Å². The van der Waals surface area contributed by atoms with Crippen molar-refractivity contribution < 1.29 is 24.0 Å². The zero-order valence-electron chi connectivity index (χ0n) is 13.2. The van der Waals surface area contributed by atoms with Crippen LogP contribution in [0.15, 0.2) is 12.1 Å². The van der Waals surface area contributed by atoms with E-state index >= 15 is 0 Å². The van der Waals surface area contributed by atoms with Gasteiger partial charge in [-0.25, -0.2) is 4.79 Å². The number of anilines is 1. The molecular formula is C14H17N3O6. The fourth-order valence-electron chi connectivity index (χ4n) is 2.25. The van der Waals surface area contributed by atoms with Crippen LogP contribution < -0.4 is 9.64 Å². The Labute approximate surface area is 132 Å². The predicted molar refractivity (Wildman–Crippen MR) is 79.2 cm³/mol. The van der Waals surface area contributed by atoms with Crippen LogP contribution in [0, 0.1) is 10.1 Å². The summed E-state index contributed by atoms with van der Waals surface area (Å²) in [4.78, 5) is 39.9. The highest BCUT2D eigenvalue weighted by Crippen LogP contribution is 2.38. The van der Waals surface area contributed by atoms with Crippen molar-refractivity contribution in [2.24, 2.45) is 0 Å². The van der Waals surface area contributed by atoms with Gasteiger partial charge < -0.3 is 19.6 Å². The van der Waals surface area contributed by atoms with Crippen LogP contribution >= 0.6 is 0 Å². The number of ether oxygens (including phenoxy) is 2. The fourth-order valence-corrected chi connectivity index (χ4v) is 2.25. The zero-order chi connectivity index (χ0) is 17.4. The molecule has 1 amide bonds. The van der Waals surface area contributed by atoms with Crippen molar-refractivity contribution in [3.63, 3.8) is 0 Å². The molecule has 0 saturated heterocycles.